The number of halogens is 1. The van der Waals surface area contributed by atoms with Crippen molar-refractivity contribution in [1.29, 1.82) is 0 Å². The molecule has 0 fully saturated rings. The molecular weight excluding hydrogens is 332 g/mol. The van der Waals surface area contributed by atoms with E-state index in [1.807, 2.05) is 13.0 Å². The van der Waals surface area contributed by atoms with Gasteiger partial charge in [0.1, 0.15) is 0 Å². The second kappa shape index (κ2) is 8.07. The molecule has 2 rings (SSSR count). The summed E-state index contributed by atoms with van der Waals surface area (Å²) in [5.41, 5.74) is 4.45. The Morgan fingerprint density at radius 3 is 2.83 bits per heavy atom. The van der Waals surface area contributed by atoms with Gasteiger partial charge in [-0.1, -0.05) is 29.8 Å². The number of hydrogen-bond donors (Lipinski definition) is 2. The summed E-state index contributed by atoms with van der Waals surface area (Å²) < 4.78 is 0. The zero-order valence-corrected chi connectivity index (χ0v) is 13.6. The lowest BCUT2D eigenvalue weighted by Gasteiger charge is -2.09. The van der Waals surface area contributed by atoms with E-state index in [1.54, 1.807) is 24.3 Å². The average Bonchev–Trinajstić information content (AvgIpc) is 2.56. The largest absolute Gasteiger partial charge is 0.376 e. The molecule has 0 atom stereocenters. The van der Waals surface area contributed by atoms with Crippen molar-refractivity contribution in [2.24, 2.45) is 5.10 Å². The van der Waals surface area contributed by atoms with Gasteiger partial charge in [0.15, 0.2) is 0 Å². The van der Waals surface area contributed by atoms with Crippen molar-refractivity contribution in [3.63, 3.8) is 0 Å². The third-order valence-electron chi connectivity index (χ3n) is 3.19. The van der Waals surface area contributed by atoms with E-state index in [4.69, 9.17) is 11.6 Å². The number of carbonyl (C=O) groups excluding carboxylic acids is 1. The van der Waals surface area contributed by atoms with Gasteiger partial charge in [0.2, 0.25) is 0 Å². The fraction of sp³-hybridized carbons (Fsp3) is 0.125. The molecular formula is C16H15ClN4O3. The second-order valence-corrected chi connectivity index (χ2v) is 5.32. The molecule has 7 nitrogen and oxygen atoms in total. The molecule has 0 aliphatic carbocycles. The number of hydrazone groups is 1. The van der Waals surface area contributed by atoms with Crippen molar-refractivity contribution in [3.8, 4) is 0 Å². The van der Waals surface area contributed by atoms with Crippen molar-refractivity contribution >= 4 is 35.1 Å². The number of non-ortho nitro benzene ring substituents is 1. The van der Waals surface area contributed by atoms with E-state index < -0.39 is 4.92 Å². The van der Waals surface area contributed by atoms with Gasteiger partial charge in [-0.2, -0.15) is 5.10 Å². The molecule has 124 valence electrons. The number of nitro groups is 1. The van der Waals surface area contributed by atoms with Crippen LogP contribution in [-0.2, 0) is 4.79 Å². The molecule has 24 heavy (non-hydrogen) atoms. The molecule has 0 bridgehead atoms. The van der Waals surface area contributed by atoms with Gasteiger partial charge in [-0.25, -0.2) is 5.43 Å². The Kier molecular flexibility index (Phi) is 5.86. The average molecular weight is 347 g/mol. The van der Waals surface area contributed by atoms with Crippen LogP contribution in [0.5, 0.6) is 0 Å². The molecule has 0 saturated carbocycles. The Bertz CT molecular complexity index is 793. The molecule has 0 aliphatic heterocycles. The van der Waals surface area contributed by atoms with Crippen molar-refractivity contribution in [2.45, 2.75) is 6.92 Å². The van der Waals surface area contributed by atoms with Crippen LogP contribution in [-0.4, -0.2) is 23.6 Å². The van der Waals surface area contributed by atoms with Gasteiger partial charge in [-0.15, -0.1) is 0 Å². The van der Waals surface area contributed by atoms with E-state index in [1.165, 1.54) is 18.3 Å². The third-order valence-corrected chi connectivity index (χ3v) is 3.60. The number of nitrogens with zero attached hydrogens (tertiary/aromatic N) is 2. The van der Waals surface area contributed by atoms with Gasteiger partial charge in [-0.3, -0.25) is 14.9 Å². The maximum absolute atomic E-state index is 11.7. The van der Waals surface area contributed by atoms with Gasteiger partial charge < -0.3 is 5.32 Å². The van der Waals surface area contributed by atoms with Crippen molar-refractivity contribution < 1.29 is 9.72 Å². The van der Waals surface area contributed by atoms with Gasteiger partial charge in [-0.05, 0) is 24.6 Å². The van der Waals surface area contributed by atoms with Crippen molar-refractivity contribution in [2.75, 3.05) is 11.9 Å². The monoisotopic (exact) mass is 346 g/mol. The summed E-state index contributed by atoms with van der Waals surface area (Å²) in [5.74, 6) is -0.351. The first-order chi connectivity index (χ1) is 11.5. The summed E-state index contributed by atoms with van der Waals surface area (Å²) in [5, 5.41) is 18.0. The number of benzene rings is 2. The lowest BCUT2D eigenvalue weighted by atomic mass is 10.2. The number of amides is 1. The van der Waals surface area contributed by atoms with Crippen LogP contribution in [0.2, 0.25) is 5.02 Å². The van der Waals surface area contributed by atoms with E-state index in [-0.39, 0.29) is 18.1 Å². The van der Waals surface area contributed by atoms with Crippen LogP contribution < -0.4 is 10.7 Å². The predicted octanol–water partition coefficient (Wildman–Crippen LogP) is 3.12. The number of carbonyl (C=O) groups is 1. The molecule has 0 aliphatic rings. The smallest absolute Gasteiger partial charge is 0.270 e. The Labute approximate surface area is 143 Å². The van der Waals surface area contributed by atoms with Crippen LogP contribution in [0.4, 0.5) is 11.4 Å². The van der Waals surface area contributed by atoms with Gasteiger partial charge in [0, 0.05) is 28.4 Å². The van der Waals surface area contributed by atoms with E-state index in [0.717, 1.165) is 11.3 Å². The number of hydrogen-bond acceptors (Lipinski definition) is 5. The summed E-state index contributed by atoms with van der Waals surface area (Å²) in [7, 11) is 0. The van der Waals surface area contributed by atoms with Gasteiger partial charge >= 0.3 is 0 Å². The summed E-state index contributed by atoms with van der Waals surface area (Å²) >= 11 is 6.00. The van der Waals surface area contributed by atoms with Gasteiger partial charge in [0.05, 0.1) is 17.7 Å². The van der Waals surface area contributed by atoms with E-state index >= 15 is 0 Å². The Balaban J connectivity index is 1.88. The van der Waals surface area contributed by atoms with Crippen LogP contribution in [0.3, 0.4) is 0 Å². The fourth-order valence-corrected chi connectivity index (χ4v) is 2.09. The molecule has 0 saturated heterocycles. The quantitative estimate of drug-likeness (QED) is 0.477. The third kappa shape index (κ3) is 4.79. The van der Waals surface area contributed by atoms with E-state index in [2.05, 4.69) is 15.8 Å². The Hall–Kier alpha value is -2.93. The molecule has 2 N–H and O–H groups in total. The van der Waals surface area contributed by atoms with Crippen molar-refractivity contribution in [3.05, 3.63) is 68.7 Å². The number of nitro benzene ring substituents is 1. The molecule has 0 heterocycles. The summed E-state index contributed by atoms with van der Waals surface area (Å²) in [6.07, 6.45) is 1.34. The second-order valence-electron chi connectivity index (χ2n) is 4.91. The number of nitrogens with one attached hydrogen (secondary N) is 2. The highest BCUT2D eigenvalue weighted by Gasteiger charge is 2.05. The summed E-state index contributed by atoms with van der Waals surface area (Å²) in [4.78, 5) is 21.9. The molecule has 2 aromatic rings. The highest BCUT2D eigenvalue weighted by Crippen LogP contribution is 2.22. The molecule has 0 unspecified atom stereocenters. The zero-order chi connectivity index (χ0) is 17.5. The zero-order valence-electron chi connectivity index (χ0n) is 12.8. The molecule has 0 spiro atoms. The molecule has 8 heteroatoms. The highest BCUT2D eigenvalue weighted by atomic mass is 35.5. The predicted molar refractivity (Wildman–Crippen MR) is 93.5 cm³/mol. The first kappa shape index (κ1) is 17.4. The number of rotatable bonds is 6. The lowest BCUT2D eigenvalue weighted by molar-refractivity contribution is -0.384. The maximum atomic E-state index is 11.7. The maximum Gasteiger partial charge on any atom is 0.270 e. The Morgan fingerprint density at radius 2 is 2.08 bits per heavy atom. The summed E-state index contributed by atoms with van der Waals surface area (Å²) in [6, 6.07) is 11.3. The minimum Gasteiger partial charge on any atom is -0.376 e. The van der Waals surface area contributed by atoms with Crippen LogP contribution in [0.15, 0.2) is 47.6 Å². The Morgan fingerprint density at radius 1 is 1.33 bits per heavy atom. The van der Waals surface area contributed by atoms with Crippen LogP contribution in [0, 0.1) is 17.0 Å². The van der Waals surface area contributed by atoms with Crippen LogP contribution >= 0.6 is 11.6 Å². The molecule has 2 aromatic carbocycles. The highest BCUT2D eigenvalue weighted by molar-refractivity contribution is 6.31. The minimum atomic E-state index is -0.493. The van der Waals surface area contributed by atoms with E-state index in [9.17, 15) is 14.9 Å². The lowest BCUT2D eigenvalue weighted by Crippen LogP contribution is -2.26. The normalized spacial score (nSPS) is 10.6. The van der Waals surface area contributed by atoms with Crippen LogP contribution in [0.1, 0.15) is 11.1 Å². The SMILES string of the molecule is Cc1c(Cl)cccc1NCC(=O)N/N=C\c1cccc([N+](=O)[O-])c1. The fourth-order valence-electron chi connectivity index (χ4n) is 1.91. The first-order valence-electron chi connectivity index (χ1n) is 7.02. The van der Waals surface area contributed by atoms with Gasteiger partial charge in [0.25, 0.3) is 11.6 Å². The van der Waals surface area contributed by atoms with Crippen LogP contribution in [0.25, 0.3) is 0 Å². The van der Waals surface area contributed by atoms with E-state index in [0.29, 0.717) is 10.6 Å². The molecule has 1 amide bonds. The topological polar surface area (TPSA) is 96.6 Å². The first-order valence-corrected chi connectivity index (χ1v) is 7.40. The van der Waals surface area contributed by atoms with Crippen molar-refractivity contribution in [1.82, 2.24) is 5.43 Å². The number of anilines is 1. The minimum absolute atomic E-state index is 0.0213. The standard InChI is InChI=1S/C16H15ClN4O3/c1-11-14(17)6-3-7-15(11)18-10-16(22)20-19-9-12-4-2-5-13(8-12)21(23)24/h2-9,18H,10H2,1H3,(H,20,22)/b19-9-. The molecule has 0 radical (unpaired) electrons. The summed E-state index contributed by atoms with van der Waals surface area (Å²) in [6.45, 7) is 1.87. The molecule has 0 aromatic heterocycles.